The van der Waals surface area contributed by atoms with E-state index in [1.807, 2.05) is 87.5 Å². The van der Waals surface area contributed by atoms with Gasteiger partial charge in [-0.3, -0.25) is 4.79 Å². The van der Waals surface area contributed by atoms with Crippen LogP contribution in [0.2, 0.25) is 0 Å². The topological polar surface area (TPSA) is 87.5 Å². The van der Waals surface area contributed by atoms with Crippen molar-refractivity contribution in [2.45, 2.75) is 26.9 Å². The molecule has 0 saturated heterocycles. The summed E-state index contributed by atoms with van der Waals surface area (Å²) in [6.07, 6.45) is -0.0696. The zero-order chi connectivity index (χ0) is 23.7. The molecule has 1 aliphatic heterocycles. The van der Waals surface area contributed by atoms with Crippen LogP contribution in [0.25, 0.3) is 17.1 Å². The molecule has 0 unspecified atom stereocenters. The molecule has 1 amide bonds. The summed E-state index contributed by atoms with van der Waals surface area (Å²) in [5, 5.41) is 7.48. The van der Waals surface area contributed by atoms with E-state index in [0.717, 1.165) is 16.8 Å². The summed E-state index contributed by atoms with van der Waals surface area (Å²) in [6, 6.07) is 20.7. The highest BCUT2D eigenvalue weighted by Crippen LogP contribution is 2.36. The Labute approximate surface area is 197 Å². The Hall–Kier alpha value is -4.33. The summed E-state index contributed by atoms with van der Waals surface area (Å²) in [5.74, 6) is 1.79. The van der Waals surface area contributed by atoms with E-state index in [1.54, 1.807) is 4.68 Å². The molecular weight excluding hydrogens is 432 g/mol. The first-order chi connectivity index (χ1) is 16.5. The Balaban J connectivity index is 1.44. The molecule has 0 saturated carbocycles. The number of nitrogens with one attached hydrogen (secondary N) is 1. The van der Waals surface area contributed by atoms with Crippen molar-refractivity contribution in [1.82, 2.24) is 14.8 Å². The molecule has 0 bridgehead atoms. The Morgan fingerprint density at radius 2 is 1.74 bits per heavy atom. The maximum Gasteiger partial charge on any atom is 0.336 e. The van der Waals surface area contributed by atoms with E-state index in [9.17, 15) is 4.79 Å². The standard InChI is InChI=1S/C26H24N4O4/c1-16(2)34-26-28-24(19-8-13-22-23(14-19)33-15-32-22)30(29-26)21-11-9-20(10-12-21)27-25(31)18-6-4-17(3)5-7-18/h4-14,16H,15H2,1-3H3,(H,27,31). The van der Waals surface area contributed by atoms with Crippen molar-refractivity contribution in [2.24, 2.45) is 0 Å². The molecule has 2 heterocycles. The third-order valence-electron chi connectivity index (χ3n) is 5.24. The predicted octanol–water partition coefficient (Wildman–Crippen LogP) is 5.01. The summed E-state index contributed by atoms with van der Waals surface area (Å²) in [7, 11) is 0. The highest BCUT2D eigenvalue weighted by molar-refractivity contribution is 6.04. The van der Waals surface area contributed by atoms with Gasteiger partial charge in [-0.15, -0.1) is 5.10 Å². The summed E-state index contributed by atoms with van der Waals surface area (Å²) in [4.78, 5) is 17.1. The Kier molecular flexibility index (Phi) is 5.63. The smallest absolute Gasteiger partial charge is 0.336 e. The van der Waals surface area contributed by atoms with Crippen LogP contribution in [0.15, 0.2) is 66.7 Å². The van der Waals surface area contributed by atoms with Gasteiger partial charge in [0, 0.05) is 16.8 Å². The van der Waals surface area contributed by atoms with Crippen molar-refractivity contribution in [3.05, 3.63) is 77.9 Å². The number of rotatable bonds is 6. The molecule has 8 heteroatoms. The van der Waals surface area contributed by atoms with Crippen LogP contribution in [0.1, 0.15) is 29.8 Å². The second-order valence-corrected chi connectivity index (χ2v) is 8.23. The molecule has 8 nitrogen and oxygen atoms in total. The lowest BCUT2D eigenvalue weighted by atomic mass is 10.1. The minimum Gasteiger partial charge on any atom is -0.460 e. The second-order valence-electron chi connectivity index (χ2n) is 8.23. The van der Waals surface area contributed by atoms with Crippen LogP contribution < -0.4 is 19.5 Å². The fourth-order valence-electron chi connectivity index (χ4n) is 3.55. The van der Waals surface area contributed by atoms with Gasteiger partial charge >= 0.3 is 6.01 Å². The van der Waals surface area contributed by atoms with Crippen molar-refractivity contribution >= 4 is 11.6 Å². The monoisotopic (exact) mass is 456 g/mol. The van der Waals surface area contributed by atoms with Gasteiger partial charge in [-0.05, 0) is 75.4 Å². The van der Waals surface area contributed by atoms with E-state index in [2.05, 4.69) is 15.4 Å². The first kappa shape index (κ1) is 21.5. The van der Waals surface area contributed by atoms with Crippen LogP contribution in [0.4, 0.5) is 5.69 Å². The third kappa shape index (κ3) is 4.43. The third-order valence-corrected chi connectivity index (χ3v) is 5.24. The number of amides is 1. The van der Waals surface area contributed by atoms with Gasteiger partial charge in [-0.2, -0.15) is 4.98 Å². The van der Waals surface area contributed by atoms with Crippen molar-refractivity contribution in [3.8, 4) is 34.6 Å². The van der Waals surface area contributed by atoms with Gasteiger partial charge in [0.05, 0.1) is 11.8 Å². The fourth-order valence-corrected chi connectivity index (χ4v) is 3.55. The van der Waals surface area contributed by atoms with Crippen molar-refractivity contribution in [1.29, 1.82) is 0 Å². The molecule has 0 atom stereocenters. The molecular formula is C26H24N4O4. The molecule has 0 radical (unpaired) electrons. The largest absolute Gasteiger partial charge is 0.460 e. The predicted molar refractivity (Wildman–Crippen MR) is 128 cm³/mol. The van der Waals surface area contributed by atoms with Crippen molar-refractivity contribution in [2.75, 3.05) is 12.1 Å². The molecule has 1 aliphatic rings. The van der Waals surface area contributed by atoms with Crippen molar-refractivity contribution in [3.63, 3.8) is 0 Å². The van der Waals surface area contributed by atoms with Gasteiger partial charge in [0.25, 0.3) is 5.91 Å². The minimum atomic E-state index is -0.165. The molecule has 4 aromatic rings. The number of aryl methyl sites for hydroxylation is 1. The Morgan fingerprint density at radius 1 is 1.00 bits per heavy atom. The first-order valence-electron chi connectivity index (χ1n) is 11.0. The molecule has 0 aliphatic carbocycles. The molecule has 0 spiro atoms. The van der Waals surface area contributed by atoms with E-state index in [-0.39, 0.29) is 24.8 Å². The van der Waals surface area contributed by atoms with Gasteiger partial charge in [-0.25, -0.2) is 4.68 Å². The van der Waals surface area contributed by atoms with E-state index < -0.39 is 0 Å². The number of hydrogen-bond donors (Lipinski definition) is 1. The number of anilines is 1. The number of nitrogens with zero attached hydrogens (tertiary/aromatic N) is 3. The maximum atomic E-state index is 12.5. The number of fused-ring (bicyclic) bond motifs is 1. The lowest BCUT2D eigenvalue weighted by molar-refractivity contribution is 0.102. The minimum absolute atomic E-state index is 0.0696. The molecule has 0 fully saturated rings. The molecule has 34 heavy (non-hydrogen) atoms. The summed E-state index contributed by atoms with van der Waals surface area (Å²) >= 11 is 0. The van der Waals surface area contributed by atoms with Gasteiger partial charge in [0.2, 0.25) is 6.79 Å². The van der Waals surface area contributed by atoms with Crippen LogP contribution in [-0.2, 0) is 0 Å². The van der Waals surface area contributed by atoms with Gasteiger partial charge in [0.1, 0.15) is 0 Å². The highest BCUT2D eigenvalue weighted by atomic mass is 16.7. The van der Waals surface area contributed by atoms with Gasteiger partial charge in [-0.1, -0.05) is 17.7 Å². The van der Waals surface area contributed by atoms with Crippen LogP contribution in [0.5, 0.6) is 17.5 Å². The van der Waals surface area contributed by atoms with Crippen LogP contribution in [-0.4, -0.2) is 33.6 Å². The summed E-state index contributed by atoms with van der Waals surface area (Å²) in [6.45, 7) is 6.03. The molecule has 1 N–H and O–H groups in total. The number of benzene rings is 3. The zero-order valence-electron chi connectivity index (χ0n) is 19.1. The number of carbonyl (C=O) groups excluding carboxylic acids is 1. The normalized spacial score (nSPS) is 12.1. The zero-order valence-corrected chi connectivity index (χ0v) is 19.1. The Morgan fingerprint density at radius 3 is 2.47 bits per heavy atom. The quantitative estimate of drug-likeness (QED) is 0.439. The molecule has 5 rings (SSSR count). The SMILES string of the molecule is Cc1ccc(C(=O)Nc2ccc(-n3nc(OC(C)C)nc3-c3ccc4c(c3)OCO4)cc2)cc1. The van der Waals surface area contributed by atoms with E-state index in [1.165, 1.54) is 0 Å². The first-order valence-corrected chi connectivity index (χ1v) is 11.0. The number of carbonyl (C=O) groups is 1. The van der Waals surface area contributed by atoms with Crippen LogP contribution in [0, 0.1) is 6.92 Å². The number of aromatic nitrogens is 3. The van der Waals surface area contributed by atoms with Crippen LogP contribution >= 0.6 is 0 Å². The Bertz CT molecular complexity index is 1330. The maximum absolute atomic E-state index is 12.5. The average molecular weight is 457 g/mol. The lowest BCUT2D eigenvalue weighted by Crippen LogP contribution is -2.11. The van der Waals surface area contributed by atoms with E-state index >= 15 is 0 Å². The van der Waals surface area contributed by atoms with E-state index in [4.69, 9.17) is 14.2 Å². The molecule has 172 valence electrons. The second kappa shape index (κ2) is 8.90. The van der Waals surface area contributed by atoms with Crippen molar-refractivity contribution < 1.29 is 19.0 Å². The summed E-state index contributed by atoms with van der Waals surface area (Å²) in [5.41, 5.74) is 3.97. The number of hydrogen-bond acceptors (Lipinski definition) is 6. The average Bonchev–Trinajstić information content (AvgIpc) is 3.46. The molecule has 1 aromatic heterocycles. The van der Waals surface area contributed by atoms with Crippen LogP contribution in [0.3, 0.4) is 0 Å². The van der Waals surface area contributed by atoms with Gasteiger partial charge in [0.15, 0.2) is 17.3 Å². The molecule has 3 aromatic carbocycles. The van der Waals surface area contributed by atoms with Gasteiger partial charge < -0.3 is 19.5 Å². The number of ether oxygens (including phenoxy) is 3. The lowest BCUT2D eigenvalue weighted by Gasteiger charge is -2.09. The van der Waals surface area contributed by atoms with E-state index in [0.29, 0.717) is 28.6 Å². The highest BCUT2D eigenvalue weighted by Gasteiger charge is 2.20. The summed E-state index contributed by atoms with van der Waals surface area (Å²) < 4.78 is 18.4. The fraction of sp³-hybridized carbons (Fsp3) is 0.192.